The summed E-state index contributed by atoms with van der Waals surface area (Å²) in [5, 5.41) is 2.36. The summed E-state index contributed by atoms with van der Waals surface area (Å²) in [7, 11) is 1.54. The van der Waals surface area contributed by atoms with Crippen molar-refractivity contribution in [2.45, 2.75) is 0 Å². The maximum Gasteiger partial charge on any atom is 0.258 e. The molecule has 5 nitrogen and oxygen atoms in total. The molecule has 1 aliphatic rings. The highest BCUT2D eigenvalue weighted by Gasteiger charge is 2.26. The molecule has 2 aromatic rings. The van der Waals surface area contributed by atoms with Gasteiger partial charge in [0.15, 0.2) is 11.5 Å². The Morgan fingerprint density at radius 1 is 1.15 bits per heavy atom. The maximum atomic E-state index is 12.3. The summed E-state index contributed by atoms with van der Waals surface area (Å²) >= 11 is 3.47. The van der Waals surface area contributed by atoms with E-state index < -0.39 is 11.8 Å². The van der Waals surface area contributed by atoms with E-state index in [9.17, 15) is 9.59 Å². The normalized spacial score (nSPS) is 14.6. The van der Waals surface area contributed by atoms with Crippen molar-refractivity contribution in [3.63, 3.8) is 0 Å². The van der Waals surface area contributed by atoms with Crippen molar-refractivity contribution in [1.29, 1.82) is 0 Å². The number of hydrogen-bond acceptors (Lipinski definition) is 4. The third-order valence-electron chi connectivity index (χ3n) is 3.84. The predicted molar refractivity (Wildman–Crippen MR) is 103 cm³/mol. The Bertz CT molecular complexity index is 933. The van der Waals surface area contributed by atoms with Crippen molar-refractivity contribution in [3.8, 4) is 11.5 Å². The third-order valence-corrected chi connectivity index (χ3v) is 4.43. The molecule has 26 heavy (non-hydrogen) atoms. The summed E-state index contributed by atoms with van der Waals surface area (Å²) in [4.78, 5) is 24.3. The SMILES string of the molecule is C=CCOc1c(Br)cc(/C=C2/C(=O)NC(=O)c3ccccc32)cc1OC. The molecule has 3 rings (SSSR count). The molecule has 1 aliphatic heterocycles. The smallest absolute Gasteiger partial charge is 0.258 e. The van der Waals surface area contributed by atoms with Crippen LogP contribution in [0.5, 0.6) is 11.5 Å². The van der Waals surface area contributed by atoms with Gasteiger partial charge < -0.3 is 9.47 Å². The van der Waals surface area contributed by atoms with E-state index in [1.807, 2.05) is 6.07 Å². The fourth-order valence-electron chi connectivity index (χ4n) is 2.69. The number of carbonyl (C=O) groups is 2. The molecule has 0 spiro atoms. The predicted octanol–water partition coefficient (Wildman–Crippen LogP) is 3.83. The van der Waals surface area contributed by atoms with E-state index in [0.717, 1.165) is 5.56 Å². The standard InChI is InChI=1S/C20H16BrNO4/c1-3-8-26-18-16(21)10-12(11-17(18)25-2)9-15-13-6-4-5-7-14(13)19(23)22-20(15)24/h3-7,9-11H,1,8H2,2H3,(H,22,23,24)/b15-9+. The average molecular weight is 414 g/mol. The Morgan fingerprint density at radius 2 is 1.88 bits per heavy atom. The summed E-state index contributed by atoms with van der Waals surface area (Å²) in [5.74, 6) is 0.248. The Labute approximate surface area is 159 Å². The third kappa shape index (κ3) is 3.41. The zero-order chi connectivity index (χ0) is 18.7. The number of fused-ring (bicyclic) bond motifs is 1. The molecule has 6 heteroatoms. The highest BCUT2D eigenvalue weighted by Crippen LogP contribution is 2.38. The number of carbonyl (C=O) groups excluding carboxylic acids is 2. The fraction of sp³-hybridized carbons (Fsp3) is 0.100. The van der Waals surface area contributed by atoms with E-state index in [4.69, 9.17) is 9.47 Å². The number of imide groups is 1. The molecule has 0 radical (unpaired) electrons. The topological polar surface area (TPSA) is 64.6 Å². The number of halogens is 1. The van der Waals surface area contributed by atoms with Gasteiger partial charge in [-0.25, -0.2) is 0 Å². The summed E-state index contributed by atoms with van der Waals surface area (Å²) < 4.78 is 11.7. The van der Waals surface area contributed by atoms with Gasteiger partial charge >= 0.3 is 0 Å². The molecule has 0 saturated carbocycles. The lowest BCUT2D eigenvalue weighted by atomic mass is 9.93. The van der Waals surface area contributed by atoms with Crippen molar-refractivity contribution in [2.75, 3.05) is 13.7 Å². The zero-order valence-electron chi connectivity index (χ0n) is 14.0. The molecule has 1 N–H and O–H groups in total. The summed E-state index contributed by atoms with van der Waals surface area (Å²) in [6.45, 7) is 3.97. The number of rotatable bonds is 5. The molecule has 2 aromatic carbocycles. The molecular weight excluding hydrogens is 398 g/mol. The molecule has 1 heterocycles. The van der Waals surface area contributed by atoms with Gasteiger partial charge in [-0.15, -0.1) is 0 Å². The first-order valence-corrected chi connectivity index (χ1v) is 8.62. The Balaban J connectivity index is 2.08. The van der Waals surface area contributed by atoms with Gasteiger partial charge in [-0.1, -0.05) is 30.9 Å². The van der Waals surface area contributed by atoms with Crippen LogP contribution >= 0.6 is 15.9 Å². The maximum absolute atomic E-state index is 12.3. The van der Waals surface area contributed by atoms with E-state index in [1.54, 1.807) is 49.6 Å². The second kappa shape index (κ2) is 7.58. The summed E-state index contributed by atoms with van der Waals surface area (Å²) in [6, 6.07) is 10.6. The fourth-order valence-corrected chi connectivity index (χ4v) is 3.27. The molecule has 0 fully saturated rings. The van der Waals surface area contributed by atoms with Crippen LogP contribution in [0.25, 0.3) is 11.6 Å². The van der Waals surface area contributed by atoms with E-state index in [1.165, 1.54) is 0 Å². The van der Waals surface area contributed by atoms with E-state index in [2.05, 4.69) is 27.8 Å². The lowest BCUT2D eigenvalue weighted by molar-refractivity contribution is -0.114. The Morgan fingerprint density at radius 3 is 2.58 bits per heavy atom. The van der Waals surface area contributed by atoms with E-state index in [-0.39, 0.29) is 0 Å². The quantitative estimate of drug-likeness (QED) is 0.459. The molecule has 0 atom stereocenters. The van der Waals surface area contributed by atoms with Crippen molar-refractivity contribution < 1.29 is 19.1 Å². The van der Waals surface area contributed by atoms with Gasteiger partial charge in [-0.3, -0.25) is 14.9 Å². The Kier molecular flexibility index (Phi) is 5.23. The van der Waals surface area contributed by atoms with Gasteiger partial charge in [-0.05, 0) is 51.3 Å². The van der Waals surface area contributed by atoms with Crippen LogP contribution in [0.2, 0.25) is 0 Å². The zero-order valence-corrected chi connectivity index (χ0v) is 15.6. The van der Waals surface area contributed by atoms with Crippen LogP contribution in [0.15, 0.2) is 53.5 Å². The lowest BCUT2D eigenvalue weighted by Crippen LogP contribution is -2.36. The molecule has 132 valence electrons. The first-order valence-electron chi connectivity index (χ1n) is 7.83. The number of hydrogen-bond donors (Lipinski definition) is 1. The molecule has 0 aliphatic carbocycles. The number of ether oxygens (including phenoxy) is 2. The van der Waals surface area contributed by atoms with E-state index >= 15 is 0 Å². The van der Waals surface area contributed by atoms with Crippen molar-refractivity contribution >= 4 is 39.4 Å². The monoisotopic (exact) mass is 413 g/mol. The van der Waals surface area contributed by atoms with Gasteiger partial charge in [0, 0.05) is 11.1 Å². The molecule has 0 unspecified atom stereocenters. The van der Waals surface area contributed by atoms with Gasteiger partial charge in [0.25, 0.3) is 11.8 Å². The van der Waals surface area contributed by atoms with Crippen molar-refractivity contribution in [2.24, 2.45) is 0 Å². The first kappa shape index (κ1) is 17.9. The minimum Gasteiger partial charge on any atom is -0.493 e. The molecule has 0 aromatic heterocycles. The number of nitrogens with one attached hydrogen (secondary N) is 1. The number of amides is 2. The van der Waals surface area contributed by atoms with Gasteiger partial charge in [0.1, 0.15) is 6.61 Å². The van der Waals surface area contributed by atoms with Crippen molar-refractivity contribution in [3.05, 3.63) is 70.2 Å². The highest BCUT2D eigenvalue weighted by atomic mass is 79.9. The van der Waals surface area contributed by atoms with Crippen LogP contribution in [-0.2, 0) is 4.79 Å². The van der Waals surface area contributed by atoms with Crippen LogP contribution in [0.4, 0.5) is 0 Å². The molecular formula is C20H16BrNO4. The summed E-state index contributed by atoms with van der Waals surface area (Å²) in [5.41, 5.74) is 2.21. The van der Waals surface area contributed by atoms with Crippen LogP contribution < -0.4 is 14.8 Å². The molecule has 0 saturated heterocycles. The van der Waals surface area contributed by atoms with Crippen molar-refractivity contribution in [1.82, 2.24) is 5.32 Å². The summed E-state index contributed by atoms with van der Waals surface area (Å²) in [6.07, 6.45) is 3.35. The van der Waals surface area contributed by atoms with E-state index in [0.29, 0.717) is 39.3 Å². The average Bonchev–Trinajstić information content (AvgIpc) is 2.64. The first-order chi connectivity index (χ1) is 12.5. The second-order valence-corrected chi connectivity index (χ2v) is 6.37. The molecule has 0 bridgehead atoms. The lowest BCUT2D eigenvalue weighted by Gasteiger charge is -2.18. The number of benzene rings is 2. The minimum absolute atomic E-state index is 0.341. The van der Waals surface area contributed by atoms with Crippen LogP contribution in [-0.4, -0.2) is 25.5 Å². The second-order valence-electron chi connectivity index (χ2n) is 5.52. The van der Waals surface area contributed by atoms with Gasteiger partial charge in [0.05, 0.1) is 11.6 Å². The van der Waals surface area contributed by atoms with Crippen LogP contribution in [0.1, 0.15) is 21.5 Å². The van der Waals surface area contributed by atoms with Gasteiger partial charge in [-0.2, -0.15) is 0 Å². The minimum atomic E-state index is -0.434. The highest BCUT2D eigenvalue weighted by molar-refractivity contribution is 9.10. The van der Waals surface area contributed by atoms with Gasteiger partial charge in [0.2, 0.25) is 0 Å². The largest absolute Gasteiger partial charge is 0.493 e. The number of methoxy groups -OCH3 is 1. The van der Waals surface area contributed by atoms with Crippen LogP contribution in [0, 0.1) is 0 Å². The van der Waals surface area contributed by atoms with Crippen LogP contribution in [0.3, 0.4) is 0 Å². The molecule has 2 amide bonds. The Hall–Kier alpha value is -2.86.